The van der Waals surface area contributed by atoms with E-state index in [1.54, 1.807) is 0 Å². The number of hydroxylamine groups is 1. The van der Waals surface area contributed by atoms with Gasteiger partial charge in [0.1, 0.15) is 5.69 Å². The Morgan fingerprint density at radius 3 is 2.73 bits per heavy atom. The van der Waals surface area contributed by atoms with Gasteiger partial charge >= 0.3 is 6.18 Å². The van der Waals surface area contributed by atoms with Crippen LogP contribution in [-0.4, -0.2) is 23.5 Å². The summed E-state index contributed by atoms with van der Waals surface area (Å²) in [6.45, 7) is 4.40. The number of pyridine rings is 1. The van der Waals surface area contributed by atoms with Crippen molar-refractivity contribution in [3.63, 3.8) is 0 Å². The Labute approximate surface area is 157 Å². The van der Waals surface area contributed by atoms with Gasteiger partial charge < -0.3 is 0 Å². The first-order chi connectivity index (χ1) is 12.2. The molecule has 1 atom stereocenters. The van der Waals surface area contributed by atoms with Crippen molar-refractivity contribution in [3.8, 4) is 0 Å². The Hall–Kier alpha value is -1.93. The quantitative estimate of drug-likeness (QED) is 0.790. The van der Waals surface area contributed by atoms with Gasteiger partial charge in [-0.25, -0.2) is 5.48 Å². The monoisotopic (exact) mass is 427 g/mol. The highest BCUT2D eigenvalue weighted by molar-refractivity contribution is 9.10. The lowest BCUT2D eigenvalue weighted by Gasteiger charge is -2.23. The fourth-order valence-electron chi connectivity index (χ4n) is 2.79. The number of aromatic nitrogens is 1. The van der Waals surface area contributed by atoms with E-state index in [2.05, 4.69) is 37.5 Å². The molecule has 8 heteroatoms. The molecule has 2 aromatic rings. The van der Waals surface area contributed by atoms with Gasteiger partial charge in [0.15, 0.2) is 5.84 Å². The van der Waals surface area contributed by atoms with Gasteiger partial charge in [-0.3, -0.25) is 14.8 Å². The standard InChI is InChI=1S/C18H17BrF3N3O/c1-10-3-4-12(11(2)5-10)6-13-9-26-25-17(24-13)14-7-16(18(20,21)22)23-8-15(14)19/h3-5,7-8,13H,6,9H2,1-2H3,(H,24,25)/t13-/m1/s1. The number of aryl methyl sites for hydroxylation is 2. The largest absolute Gasteiger partial charge is 0.433 e. The average molecular weight is 428 g/mol. The highest BCUT2D eigenvalue weighted by Gasteiger charge is 2.33. The Kier molecular flexibility index (Phi) is 5.34. The maximum atomic E-state index is 12.9. The molecule has 1 aromatic heterocycles. The van der Waals surface area contributed by atoms with Crippen LogP contribution >= 0.6 is 15.9 Å². The van der Waals surface area contributed by atoms with Gasteiger partial charge in [-0.1, -0.05) is 23.8 Å². The number of rotatable bonds is 3. The van der Waals surface area contributed by atoms with Gasteiger partial charge in [-0.15, -0.1) is 0 Å². The van der Waals surface area contributed by atoms with Gasteiger partial charge in [0.2, 0.25) is 0 Å². The molecule has 26 heavy (non-hydrogen) atoms. The molecule has 3 rings (SSSR count). The molecular weight excluding hydrogens is 411 g/mol. The lowest BCUT2D eigenvalue weighted by Crippen LogP contribution is -2.37. The number of halogens is 4. The van der Waals surface area contributed by atoms with Crippen LogP contribution in [0.2, 0.25) is 0 Å². The van der Waals surface area contributed by atoms with Crippen molar-refractivity contribution in [2.24, 2.45) is 4.99 Å². The van der Waals surface area contributed by atoms with E-state index < -0.39 is 11.9 Å². The SMILES string of the molecule is Cc1ccc(C[C@@H]2CONC(c3cc(C(F)(F)F)ncc3Br)=N2)c(C)c1. The Morgan fingerprint density at radius 1 is 1.27 bits per heavy atom. The zero-order chi connectivity index (χ0) is 18.9. The van der Waals surface area contributed by atoms with Crippen LogP contribution in [0.1, 0.15) is 27.9 Å². The second kappa shape index (κ2) is 7.36. The minimum Gasteiger partial charge on any atom is -0.272 e. The summed E-state index contributed by atoms with van der Waals surface area (Å²) < 4.78 is 39.2. The van der Waals surface area contributed by atoms with E-state index in [0.717, 1.165) is 23.4 Å². The summed E-state index contributed by atoms with van der Waals surface area (Å²) in [4.78, 5) is 13.3. The Balaban J connectivity index is 1.89. The molecular formula is C18H17BrF3N3O. The molecule has 0 aliphatic carbocycles. The molecule has 2 heterocycles. The molecule has 0 saturated heterocycles. The summed E-state index contributed by atoms with van der Waals surface area (Å²) in [5.74, 6) is 0.255. The van der Waals surface area contributed by atoms with E-state index in [4.69, 9.17) is 4.84 Å². The molecule has 4 nitrogen and oxygen atoms in total. The van der Waals surface area contributed by atoms with Crippen molar-refractivity contribution in [3.05, 3.63) is 62.9 Å². The molecule has 0 bridgehead atoms. The normalized spacial score (nSPS) is 17.6. The highest BCUT2D eigenvalue weighted by atomic mass is 79.9. The fraction of sp³-hybridized carbons (Fsp3) is 0.333. The molecule has 1 aliphatic rings. The number of hydrogen-bond acceptors (Lipinski definition) is 4. The van der Waals surface area contributed by atoms with E-state index in [1.165, 1.54) is 5.56 Å². The molecule has 0 fully saturated rings. The molecule has 1 aromatic carbocycles. The van der Waals surface area contributed by atoms with Crippen molar-refractivity contribution in [2.75, 3.05) is 6.61 Å². The van der Waals surface area contributed by atoms with Gasteiger partial charge in [-0.2, -0.15) is 13.2 Å². The maximum absolute atomic E-state index is 12.9. The molecule has 0 amide bonds. The highest BCUT2D eigenvalue weighted by Crippen LogP contribution is 2.30. The number of alkyl halides is 3. The number of hydrogen-bond donors (Lipinski definition) is 1. The minimum absolute atomic E-state index is 0.193. The van der Waals surface area contributed by atoms with Crippen LogP contribution < -0.4 is 5.48 Å². The first kappa shape index (κ1) is 18.8. The van der Waals surface area contributed by atoms with Crippen molar-refractivity contribution in [1.29, 1.82) is 0 Å². The molecule has 1 aliphatic heterocycles. The Morgan fingerprint density at radius 2 is 2.04 bits per heavy atom. The number of benzene rings is 1. The topological polar surface area (TPSA) is 46.5 Å². The summed E-state index contributed by atoms with van der Waals surface area (Å²) in [5.41, 5.74) is 5.38. The number of aliphatic imine (C=N–C) groups is 1. The van der Waals surface area contributed by atoms with Gasteiger partial charge in [-0.05, 0) is 53.4 Å². The molecule has 138 valence electrons. The van der Waals surface area contributed by atoms with Crippen molar-refractivity contribution in [2.45, 2.75) is 32.5 Å². The van der Waals surface area contributed by atoms with Gasteiger partial charge in [0.05, 0.1) is 12.6 Å². The molecule has 0 unspecified atom stereocenters. The fourth-order valence-corrected chi connectivity index (χ4v) is 3.19. The van der Waals surface area contributed by atoms with Crippen LogP contribution in [-0.2, 0) is 17.4 Å². The number of amidine groups is 1. The van der Waals surface area contributed by atoms with E-state index >= 15 is 0 Å². The zero-order valence-electron chi connectivity index (χ0n) is 14.2. The molecule has 1 N–H and O–H groups in total. The van der Waals surface area contributed by atoms with E-state index in [1.807, 2.05) is 26.0 Å². The zero-order valence-corrected chi connectivity index (χ0v) is 15.8. The summed E-state index contributed by atoms with van der Waals surface area (Å²) in [7, 11) is 0. The van der Waals surface area contributed by atoms with E-state index in [0.29, 0.717) is 17.5 Å². The molecule has 0 saturated carbocycles. The first-order valence-electron chi connectivity index (χ1n) is 7.99. The van der Waals surface area contributed by atoms with Crippen LogP contribution in [0.3, 0.4) is 0 Å². The van der Waals surface area contributed by atoms with Gasteiger partial charge in [0.25, 0.3) is 0 Å². The van der Waals surface area contributed by atoms with Crippen LogP contribution in [0.15, 0.2) is 39.9 Å². The van der Waals surface area contributed by atoms with Gasteiger partial charge in [0, 0.05) is 16.2 Å². The number of nitrogens with zero attached hydrogens (tertiary/aromatic N) is 2. The van der Waals surface area contributed by atoms with Crippen LogP contribution in [0, 0.1) is 13.8 Å². The predicted octanol–water partition coefficient (Wildman–Crippen LogP) is 4.37. The van der Waals surface area contributed by atoms with Crippen LogP contribution in [0.25, 0.3) is 0 Å². The second-order valence-electron chi connectivity index (χ2n) is 6.23. The third-order valence-corrected chi connectivity index (χ3v) is 4.74. The molecule has 0 spiro atoms. The predicted molar refractivity (Wildman–Crippen MR) is 96.0 cm³/mol. The lowest BCUT2D eigenvalue weighted by molar-refractivity contribution is -0.141. The van der Waals surface area contributed by atoms with Crippen LogP contribution in [0.4, 0.5) is 13.2 Å². The second-order valence-corrected chi connectivity index (χ2v) is 7.08. The first-order valence-corrected chi connectivity index (χ1v) is 8.78. The third-order valence-electron chi connectivity index (χ3n) is 4.11. The Bertz CT molecular complexity index is 852. The molecule has 0 radical (unpaired) electrons. The maximum Gasteiger partial charge on any atom is 0.433 e. The lowest BCUT2D eigenvalue weighted by atomic mass is 9.99. The average Bonchev–Trinajstić information content (AvgIpc) is 2.57. The van der Waals surface area contributed by atoms with Crippen molar-refractivity contribution in [1.82, 2.24) is 10.5 Å². The smallest absolute Gasteiger partial charge is 0.272 e. The van der Waals surface area contributed by atoms with Crippen molar-refractivity contribution < 1.29 is 18.0 Å². The summed E-state index contributed by atoms with van der Waals surface area (Å²) in [6, 6.07) is 6.94. The summed E-state index contributed by atoms with van der Waals surface area (Å²) in [6.07, 6.45) is -2.76. The minimum atomic E-state index is -4.52. The summed E-state index contributed by atoms with van der Waals surface area (Å²) in [5, 5.41) is 0. The number of nitrogens with one attached hydrogen (secondary N) is 1. The van der Waals surface area contributed by atoms with Crippen LogP contribution in [0.5, 0.6) is 0 Å². The third kappa shape index (κ3) is 4.24. The van der Waals surface area contributed by atoms with Crippen molar-refractivity contribution >= 4 is 21.8 Å². The van der Waals surface area contributed by atoms with E-state index in [-0.39, 0.29) is 17.4 Å². The van der Waals surface area contributed by atoms with E-state index in [9.17, 15) is 13.2 Å². The summed E-state index contributed by atoms with van der Waals surface area (Å²) >= 11 is 3.23.